The number of ether oxygens (including phenoxy) is 3. The molecule has 0 radical (unpaired) electrons. The molecule has 2 heterocycles. The Bertz CT molecular complexity index is 796. The number of benzene rings is 1. The van der Waals surface area contributed by atoms with Gasteiger partial charge >= 0.3 is 5.97 Å². The van der Waals surface area contributed by atoms with Crippen molar-refractivity contribution in [2.75, 3.05) is 27.3 Å². The second kappa shape index (κ2) is 9.35. The summed E-state index contributed by atoms with van der Waals surface area (Å²) in [5.74, 6) is 1.36. The molecule has 7 heteroatoms. The van der Waals surface area contributed by atoms with Crippen LogP contribution in [0.5, 0.6) is 11.5 Å². The summed E-state index contributed by atoms with van der Waals surface area (Å²) >= 11 is 0. The van der Waals surface area contributed by atoms with Crippen LogP contribution in [-0.2, 0) is 16.0 Å². The molecule has 1 aromatic carbocycles. The van der Waals surface area contributed by atoms with Crippen LogP contribution in [0.3, 0.4) is 0 Å². The van der Waals surface area contributed by atoms with Crippen molar-refractivity contribution in [3.05, 3.63) is 28.5 Å². The van der Waals surface area contributed by atoms with Gasteiger partial charge in [0.05, 0.1) is 27.3 Å². The van der Waals surface area contributed by atoms with Gasteiger partial charge in [0.1, 0.15) is 18.2 Å². The average Bonchev–Trinajstić information content (AvgIpc) is 2.72. The van der Waals surface area contributed by atoms with Gasteiger partial charge in [0, 0.05) is 24.3 Å². The zero-order valence-corrected chi connectivity index (χ0v) is 19.7. The largest absolute Gasteiger partial charge is 0.632 e. The molecule has 2 aliphatic rings. The Labute approximate surface area is 186 Å². The number of rotatable bonds is 7. The van der Waals surface area contributed by atoms with E-state index in [1.807, 2.05) is 26.0 Å². The van der Waals surface area contributed by atoms with E-state index in [-0.39, 0.29) is 34.6 Å². The summed E-state index contributed by atoms with van der Waals surface area (Å²) in [6.07, 6.45) is 1.74. The highest BCUT2D eigenvalue weighted by Gasteiger charge is 2.48. The maximum atomic E-state index is 14.0. The lowest BCUT2D eigenvalue weighted by Crippen LogP contribution is -2.59. The standard InChI is InChI=1S/C24H38N2O5/c1-14(2)9-17-13-26(28)8-7-16-10-21(29-5)22(30-6)11-18(16)19(26)12-20(17)31-24(27)23(25)15(3)4/h10-11,14-15,17,19-20,23H,7-9,12-13,25H2,1-6H3/t17-,19-,20-,23+,26?/m1/s1. The van der Waals surface area contributed by atoms with E-state index >= 15 is 0 Å². The number of hydrogen-bond donors (Lipinski definition) is 1. The van der Waals surface area contributed by atoms with Gasteiger partial charge in [-0.1, -0.05) is 27.7 Å². The van der Waals surface area contributed by atoms with Crippen LogP contribution in [0.2, 0.25) is 0 Å². The molecule has 0 spiro atoms. The Balaban J connectivity index is 1.94. The number of quaternary nitrogens is 1. The Hall–Kier alpha value is -1.83. The summed E-state index contributed by atoms with van der Waals surface area (Å²) in [4.78, 5) is 12.7. The number of esters is 1. The maximum absolute atomic E-state index is 14.0. The predicted molar refractivity (Wildman–Crippen MR) is 120 cm³/mol. The van der Waals surface area contributed by atoms with Crippen molar-refractivity contribution in [2.45, 2.75) is 65.1 Å². The van der Waals surface area contributed by atoms with Crippen LogP contribution in [0.15, 0.2) is 12.1 Å². The van der Waals surface area contributed by atoms with Gasteiger partial charge < -0.3 is 29.8 Å². The monoisotopic (exact) mass is 434 g/mol. The van der Waals surface area contributed by atoms with E-state index < -0.39 is 6.04 Å². The minimum absolute atomic E-state index is 0.00107. The highest BCUT2D eigenvalue weighted by Crippen LogP contribution is 2.48. The second-order valence-electron chi connectivity index (χ2n) is 9.90. The van der Waals surface area contributed by atoms with E-state index in [4.69, 9.17) is 19.9 Å². The van der Waals surface area contributed by atoms with Crippen molar-refractivity contribution in [3.63, 3.8) is 0 Å². The van der Waals surface area contributed by atoms with Crippen LogP contribution in [-0.4, -0.2) is 50.1 Å². The molecule has 0 saturated carbocycles. The van der Waals surface area contributed by atoms with Gasteiger partial charge in [-0.15, -0.1) is 0 Å². The fourth-order valence-corrected chi connectivity index (χ4v) is 5.12. The van der Waals surface area contributed by atoms with Gasteiger partial charge in [-0.2, -0.15) is 0 Å². The molecule has 0 amide bonds. The molecular weight excluding hydrogens is 396 g/mol. The van der Waals surface area contributed by atoms with Gasteiger partial charge in [0.15, 0.2) is 11.5 Å². The molecule has 1 saturated heterocycles. The summed E-state index contributed by atoms with van der Waals surface area (Å²) < 4.78 is 16.7. The Kier molecular flexibility index (Phi) is 7.18. The maximum Gasteiger partial charge on any atom is 0.323 e. The topological polar surface area (TPSA) is 93.8 Å². The van der Waals surface area contributed by atoms with E-state index in [9.17, 15) is 10.0 Å². The average molecular weight is 435 g/mol. The Morgan fingerprint density at radius 2 is 1.84 bits per heavy atom. The van der Waals surface area contributed by atoms with Crippen molar-refractivity contribution in [1.29, 1.82) is 0 Å². The molecular formula is C24H38N2O5. The first-order valence-electron chi connectivity index (χ1n) is 11.4. The molecule has 0 aliphatic carbocycles. The van der Waals surface area contributed by atoms with Crippen LogP contribution in [0.25, 0.3) is 0 Å². The van der Waals surface area contributed by atoms with Crippen molar-refractivity contribution in [2.24, 2.45) is 23.5 Å². The number of carbonyl (C=O) groups excluding carboxylic acids is 1. The van der Waals surface area contributed by atoms with Gasteiger partial charge in [-0.3, -0.25) is 4.79 Å². The van der Waals surface area contributed by atoms with Crippen molar-refractivity contribution in [1.82, 2.24) is 0 Å². The molecule has 5 atom stereocenters. The lowest BCUT2D eigenvalue weighted by Gasteiger charge is -2.58. The lowest BCUT2D eigenvalue weighted by atomic mass is 9.78. The van der Waals surface area contributed by atoms with E-state index in [0.29, 0.717) is 43.3 Å². The zero-order chi connectivity index (χ0) is 22.9. The fraction of sp³-hybridized carbons (Fsp3) is 0.708. The van der Waals surface area contributed by atoms with E-state index in [0.717, 1.165) is 17.5 Å². The van der Waals surface area contributed by atoms with Crippen LogP contribution >= 0.6 is 0 Å². The molecule has 0 bridgehead atoms. The number of nitrogens with two attached hydrogens (primary N) is 1. The van der Waals surface area contributed by atoms with Crippen molar-refractivity contribution < 1.29 is 23.7 Å². The van der Waals surface area contributed by atoms with Gasteiger partial charge in [-0.05, 0) is 36.0 Å². The Morgan fingerprint density at radius 3 is 2.42 bits per heavy atom. The van der Waals surface area contributed by atoms with E-state index in [2.05, 4.69) is 13.8 Å². The fourth-order valence-electron chi connectivity index (χ4n) is 5.12. The van der Waals surface area contributed by atoms with E-state index in [1.165, 1.54) is 0 Å². The minimum atomic E-state index is -0.656. The number of hydroxylamine groups is 3. The molecule has 174 valence electrons. The first-order valence-corrected chi connectivity index (χ1v) is 11.4. The summed E-state index contributed by atoms with van der Waals surface area (Å²) in [5, 5.41) is 14.0. The lowest BCUT2D eigenvalue weighted by molar-refractivity contribution is -0.923. The van der Waals surface area contributed by atoms with Crippen molar-refractivity contribution >= 4 is 5.97 Å². The first-order chi connectivity index (χ1) is 14.6. The van der Waals surface area contributed by atoms with Crippen LogP contribution in [0.1, 0.15) is 57.7 Å². The first kappa shape index (κ1) is 23.8. The summed E-state index contributed by atoms with van der Waals surface area (Å²) in [5.41, 5.74) is 8.15. The Morgan fingerprint density at radius 1 is 1.19 bits per heavy atom. The summed E-state index contributed by atoms with van der Waals surface area (Å²) in [7, 11) is 3.22. The molecule has 2 aliphatic heterocycles. The second-order valence-corrected chi connectivity index (χ2v) is 9.90. The molecule has 7 nitrogen and oxygen atoms in total. The minimum Gasteiger partial charge on any atom is -0.632 e. The number of hydrogen-bond acceptors (Lipinski definition) is 6. The normalized spacial score (nSPS) is 28.6. The van der Waals surface area contributed by atoms with E-state index in [1.54, 1.807) is 14.2 Å². The molecule has 2 N–H and O–H groups in total. The summed E-state index contributed by atoms with van der Waals surface area (Å²) in [6.45, 7) is 9.08. The van der Waals surface area contributed by atoms with Gasteiger partial charge in [-0.25, -0.2) is 0 Å². The smallest absolute Gasteiger partial charge is 0.323 e. The molecule has 1 aromatic rings. The number of methoxy groups -OCH3 is 2. The third kappa shape index (κ3) is 4.83. The number of carbonyl (C=O) groups is 1. The predicted octanol–water partition coefficient (Wildman–Crippen LogP) is 3.58. The van der Waals surface area contributed by atoms with Crippen LogP contribution < -0.4 is 15.2 Å². The molecule has 0 aromatic heterocycles. The highest BCUT2D eigenvalue weighted by atomic mass is 16.6. The van der Waals surface area contributed by atoms with Gasteiger partial charge in [0.25, 0.3) is 0 Å². The number of nitrogens with zero attached hydrogens (tertiary/aromatic N) is 1. The number of piperidine rings is 1. The molecule has 1 fully saturated rings. The van der Waals surface area contributed by atoms with Crippen molar-refractivity contribution in [3.8, 4) is 11.5 Å². The quantitative estimate of drug-likeness (QED) is 0.400. The molecule has 3 rings (SSSR count). The highest BCUT2D eigenvalue weighted by molar-refractivity contribution is 5.76. The third-order valence-corrected chi connectivity index (χ3v) is 6.89. The van der Waals surface area contributed by atoms with Gasteiger partial charge in [0.2, 0.25) is 0 Å². The SMILES string of the molecule is COc1cc2c(cc1OC)[C@H]1C[C@@H](OC(=O)[C@@H](N)C(C)C)[C@H](CC(C)C)C[N+]1([O-])CC2. The van der Waals surface area contributed by atoms with Crippen LogP contribution in [0, 0.1) is 23.0 Å². The number of fused-ring (bicyclic) bond motifs is 3. The van der Waals surface area contributed by atoms with Crippen LogP contribution in [0.4, 0.5) is 0 Å². The molecule has 31 heavy (non-hydrogen) atoms. The zero-order valence-electron chi connectivity index (χ0n) is 19.7. The third-order valence-electron chi connectivity index (χ3n) is 6.89. The molecule has 1 unspecified atom stereocenters. The summed E-state index contributed by atoms with van der Waals surface area (Å²) in [6, 6.07) is 2.97.